The highest BCUT2D eigenvalue weighted by Gasteiger charge is 2.69. The van der Waals surface area contributed by atoms with Gasteiger partial charge in [0.1, 0.15) is 0 Å². The van der Waals surface area contributed by atoms with Crippen LogP contribution in [0.3, 0.4) is 0 Å². The van der Waals surface area contributed by atoms with Crippen molar-refractivity contribution in [2.75, 3.05) is 14.2 Å². The standard InChI is InChI=1S/C19H26O3/c1-6-9-17(3)15-12-14-7-10-18(15,11-8-16(17)20)19(21-4,22-5)13(14)2/h6,8,11,14-15H,1-2,7,9-10,12H2,3-5H3/t14-,15?,17-,18-/m0/s1. The number of carbonyl (C=O) groups excluding carboxylic acids is 1. The predicted molar refractivity (Wildman–Crippen MR) is 86.2 cm³/mol. The molecule has 4 rings (SSSR count). The maximum atomic E-state index is 12.7. The molecule has 3 heteroatoms. The van der Waals surface area contributed by atoms with E-state index in [9.17, 15) is 4.79 Å². The van der Waals surface area contributed by atoms with Gasteiger partial charge in [-0.1, -0.05) is 25.7 Å². The van der Waals surface area contributed by atoms with Crippen LogP contribution in [-0.2, 0) is 14.3 Å². The zero-order valence-corrected chi connectivity index (χ0v) is 13.9. The number of hydrogen-bond acceptors (Lipinski definition) is 3. The Labute approximate surface area is 133 Å². The number of rotatable bonds is 4. The van der Waals surface area contributed by atoms with Gasteiger partial charge in [0.15, 0.2) is 11.6 Å². The molecule has 3 fully saturated rings. The van der Waals surface area contributed by atoms with Gasteiger partial charge in [-0.2, -0.15) is 0 Å². The largest absolute Gasteiger partial charge is 0.349 e. The molecule has 4 atom stereocenters. The highest BCUT2D eigenvalue weighted by Crippen LogP contribution is 2.68. The molecule has 0 aromatic carbocycles. The van der Waals surface area contributed by atoms with Gasteiger partial charge in [-0.05, 0) is 49.2 Å². The van der Waals surface area contributed by atoms with Crippen molar-refractivity contribution in [3.63, 3.8) is 0 Å². The van der Waals surface area contributed by atoms with Crippen LogP contribution in [0.25, 0.3) is 0 Å². The lowest BCUT2D eigenvalue weighted by Gasteiger charge is -2.65. The van der Waals surface area contributed by atoms with Gasteiger partial charge in [-0.25, -0.2) is 0 Å². The van der Waals surface area contributed by atoms with E-state index < -0.39 is 11.2 Å². The minimum absolute atomic E-state index is 0.194. The summed E-state index contributed by atoms with van der Waals surface area (Å²) in [6, 6.07) is 0. The first-order valence-electron chi connectivity index (χ1n) is 8.06. The van der Waals surface area contributed by atoms with Gasteiger partial charge < -0.3 is 9.47 Å². The van der Waals surface area contributed by atoms with E-state index in [0.29, 0.717) is 12.3 Å². The summed E-state index contributed by atoms with van der Waals surface area (Å²) in [4.78, 5) is 12.7. The Hall–Kier alpha value is -1.19. The van der Waals surface area contributed by atoms with E-state index in [4.69, 9.17) is 9.47 Å². The van der Waals surface area contributed by atoms with Crippen LogP contribution in [-0.4, -0.2) is 25.8 Å². The lowest BCUT2D eigenvalue weighted by Crippen LogP contribution is -2.67. The van der Waals surface area contributed by atoms with Crippen molar-refractivity contribution in [3.05, 3.63) is 37.0 Å². The SMILES string of the molecule is C=CC[C@]1(C)C(=O)C=C[C@@]23CC[C@@H](CC12)C(=C)C3(OC)OC. The summed E-state index contributed by atoms with van der Waals surface area (Å²) in [5, 5.41) is 0. The molecule has 0 amide bonds. The normalized spacial score (nSPS) is 42.3. The third kappa shape index (κ3) is 1.56. The molecule has 0 aliphatic heterocycles. The van der Waals surface area contributed by atoms with Crippen LogP contribution >= 0.6 is 0 Å². The summed E-state index contributed by atoms with van der Waals surface area (Å²) in [5.74, 6) is -0.0736. The second-order valence-corrected chi connectivity index (χ2v) is 7.22. The van der Waals surface area contributed by atoms with Crippen LogP contribution < -0.4 is 0 Å². The fourth-order valence-corrected chi connectivity index (χ4v) is 5.47. The third-order valence-electron chi connectivity index (χ3n) is 6.58. The molecular formula is C19H26O3. The minimum atomic E-state index is -0.821. The lowest BCUT2D eigenvalue weighted by atomic mass is 9.42. The summed E-state index contributed by atoms with van der Waals surface area (Å²) in [5.41, 5.74) is 0.284. The molecule has 3 nitrogen and oxygen atoms in total. The number of ether oxygens (including phenoxy) is 2. The molecule has 0 aromatic rings. The number of hydrogen-bond donors (Lipinski definition) is 0. The first-order chi connectivity index (χ1) is 10.4. The van der Waals surface area contributed by atoms with Crippen molar-refractivity contribution in [1.29, 1.82) is 0 Å². The van der Waals surface area contributed by atoms with Crippen molar-refractivity contribution < 1.29 is 14.3 Å². The zero-order chi connectivity index (χ0) is 16.2. The molecule has 4 aliphatic carbocycles. The van der Waals surface area contributed by atoms with E-state index in [1.807, 2.05) is 6.08 Å². The third-order valence-corrected chi connectivity index (χ3v) is 6.58. The van der Waals surface area contributed by atoms with Crippen LogP contribution in [0.15, 0.2) is 37.0 Å². The van der Waals surface area contributed by atoms with Gasteiger partial charge in [-0.3, -0.25) is 4.79 Å². The summed E-state index contributed by atoms with van der Waals surface area (Å²) >= 11 is 0. The molecule has 3 saturated carbocycles. The van der Waals surface area contributed by atoms with Crippen molar-refractivity contribution in [2.24, 2.45) is 22.7 Å². The highest BCUT2D eigenvalue weighted by molar-refractivity contribution is 5.96. The molecular weight excluding hydrogens is 276 g/mol. The van der Waals surface area contributed by atoms with Crippen LogP contribution in [0, 0.1) is 22.7 Å². The molecule has 0 radical (unpaired) electrons. The molecule has 22 heavy (non-hydrogen) atoms. The molecule has 4 aliphatic rings. The first-order valence-corrected chi connectivity index (χ1v) is 8.06. The smallest absolute Gasteiger partial charge is 0.199 e. The van der Waals surface area contributed by atoms with Crippen molar-refractivity contribution >= 4 is 5.78 Å². The number of fused-ring (bicyclic) bond motifs is 2. The van der Waals surface area contributed by atoms with Crippen LogP contribution in [0.4, 0.5) is 0 Å². The van der Waals surface area contributed by atoms with Gasteiger partial charge in [0, 0.05) is 19.6 Å². The molecule has 1 unspecified atom stereocenters. The number of carbonyl (C=O) groups is 1. The van der Waals surface area contributed by atoms with E-state index in [2.05, 4.69) is 26.2 Å². The van der Waals surface area contributed by atoms with Crippen LogP contribution in [0.2, 0.25) is 0 Å². The topological polar surface area (TPSA) is 35.5 Å². The first kappa shape index (κ1) is 15.7. The number of ketones is 1. The summed E-state index contributed by atoms with van der Waals surface area (Å²) in [6.07, 6.45) is 9.39. The van der Waals surface area contributed by atoms with Crippen LogP contribution in [0.5, 0.6) is 0 Å². The quantitative estimate of drug-likeness (QED) is 0.587. The van der Waals surface area contributed by atoms with Crippen LogP contribution in [0.1, 0.15) is 32.6 Å². The fraction of sp³-hybridized carbons (Fsp3) is 0.632. The zero-order valence-electron chi connectivity index (χ0n) is 13.9. The Balaban J connectivity index is 2.22. The molecule has 0 aromatic heterocycles. The molecule has 120 valence electrons. The van der Waals surface area contributed by atoms with E-state index in [-0.39, 0.29) is 17.1 Å². The van der Waals surface area contributed by atoms with Gasteiger partial charge in [0.25, 0.3) is 0 Å². The minimum Gasteiger partial charge on any atom is -0.349 e. The lowest BCUT2D eigenvalue weighted by molar-refractivity contribution is -0.293. The second kappa shape index (κ2) is 4.90. The van der Waals surface area contributed by atoms with E-state index in [0.717, 1.165) is 24.8 Å². The molecule has 2 bridgehead atoms. The summed E-state index contributed by atoms with van der Waals surface area (Å²) in [7, 11) is 3.38. The van der Waals surface area contributed by atoms with Gasteiger partial charge in [-0.15, -0.1) is 6.58 Å². The second-order valence-electron chi connectivity index (χ2n) is 7.22. The molecule has 0 N–H and O–H groups in total. The van der Waals surface area contributed by atoms with Crippen molar-refractivity contribution in [1.82, 2.24) is 0 Å². The van der Waals surface area contributed by atoms with Crippen molar-refractivity contribution in [2.45, 2.75) is 38.4 Å². The highest BCUT2D eigenvalue weighted by atomic mass is 16.7. The Morgan fingerprint density at radius 3 is 2.68 bits per heavy atom. The number of methoxy groups -OCH3 is 2. The summed E-state index contributed by atoms with van der Waals surface area (Å²) < 4.78 is 11.9. The van der Waals surface area contributed by atoms with Gasteiger partial charge in [0.2, 0.25) is 0 Å². The molecule has 0 saturated heterocycles. The Morgan fingerprint density at radius 1 is 1.41 bits per heavy atom. The monoisotopic (exact) mass is 302 g/mol. The Morgan fingerprint density at radius 2 is 2.09 bits per heavy atom. The maximum absolute atomic E-state index is 12.7. The average Bonchev–Trinajstić information content (AvgIpc) is 2.53. The van der Waals surface area contributed by atoms with Gasteiger partial charge in [0.05, 0.1) is 5.41 Å². The number of allylic oxidation sites excluding steroid dienone is 2. The van der Waals surface area contributed by atoms with E-state index >= 15 is 0 Å². The average molecular weight is 302 g/mol. The molecule has 1 spiro atoms. The molecule has 0 heterocycles. The Kier molecular flexibility index (Phi) is 3.50. The summed E-state index contributed by atoms with van der Waals surface area (Å²) in [6.45, 7) is 10.2. The van der Waals surface area contributed by atoms with E-state index in [1.54, 1.807) is 20.3 Å². The van der Waals surface area contributed by atoms with Crippen molar-refractivity contribution in [3.8, 4) is 0 Å². The Bertz CT molecular complexity index is 557. The van der Waals surface area contributed by atoms with Gasteiger partial charge >= 0.3 is 0 Å². The fourth-order valence-electron chi connectivity index (χ4n) is 5.47. The predicted octanol–water partition coefficient (Wildman–Crippen LogP) is 3.67. The van der Waals surface area contributed by atoms with E-state index in [1.165, 1.54) is 0 Å². The maximum Gasteiger partial charge on any atom is 0.199 e.